The van der Waals surface area contributed by atoms with Gasteiger partial charge in [-0.25, -0.2) is 0 Å². The summed E-state index contributed by atoms with van der Waals surface area (Å²) in [6.45, 7) is 1.82. The zero-order valence-corrected chi connectivity index (χ0v) is 5.90. The van der Waals surface area contributed by atoms with Crippen LogP contribution >= 0.6 is 22.6 Å². The summed E-state index contributed by atoms with van der Waals surface area (Å²) >= 11 is 2.20. The van der Waals surface area contributed by atoms with Gasteiger partial charge in [-0.2, -0.15) is 0 Å². The minimum Gasteiger partial charge on any atom is -0.251 e. The molecule has 0 nitrogen and oxygen atoms in total. The normalized spacial score (nSPS) is 14.5. The fourth-order valence-electron chi connectivity index (χ4n) is 0.150. The third-order valence-electron chi connectivity index (χ3n) is 0.507. The van der Waals surface area contributed by atoms with Gasteiger partial charge in [-0.3, -0.25) is 4.39 Å². The van der Waals surface area contributed by atoms with Crippen molar-refractivity contribution in [2.24, 2.45) is 0 Å². The molecule has 0 aromatic heterocycles. The second-order valence-electron chi connectivity index (χ2n) is 1.26. The van der Waals surface area contributed by atoms with Gasteiger partial charge in [0.1, 0.15) is 0 Å². The van der Waals surface area contributed by atoms with Crippen molar-refractivity contribution in [3.8, 4) is 0 Å². The third-order valence-corrected chi connectivity index (χ3v) is 1.13. The van der Waals surface area contributed by atoms with E-state index in [1.165, 1.54) is 0 Å². The van der Waals surface area contributed by atoms with Crippen molar-refractivity contribution in [2.45, 2.75) is 17.3 Å². The van der Waals surface area contributed by atoms with Crippen LogP contribution in [0.2, 0.25) is 0 Å². The van der Waals surface area contributed by atoms with Crippen LogP contribution in [0.3, 0.4) is 0 Å². The standard InChI is InChI=1S/C4H8FI/c1-4(6)2-3-5/h4H,2-3H2,1H3/t4-/m1/s1. The van der Waals surface area contributed by atoms with Gasteiger partial charge in [-0.1, -0.05) is 29.5 Å². The molecule has 0 saturated heterocycles. The number of rotatable bonds is 2. The molecule has 1 atom stereocenters. The number of hydrogen-bond acceptors (Lipinski definition) is 0. The Morgan fingerprint density at radius 2 is 2.33 bits per heavy atom. The Kier molecular flexibility index (Phi) is 4.26. The largest absolute Gasteiger partial charge is 0.251 e. The van der Waals surface area contributed by atoms with Crippen LogP contribution in [0.5, 0.6) is 0 Å². The van der Waals surface area contributed by atoms with Crippen molar-refractivity contribution >= 4 is 22.6 Å². The molecule has 0 aromatic rings. The van der Waals surface area contributed by atoms with E-state index in [9.17, 15) is 4.39 Å². The summed E-state index contributed by atoms with van der Waals surface area (Å²) in [6.07, 6.45) is 0.695. The van der Waals surface area contributed by atoms with E-state index in [0.717, 1.165) is 0 Å². The molecule has 0 aliphatic rings. The molecule has 0 unspecified atom stereocenters. The van der Waals surface area contributed by atoms with Crippen LogP contribution in [0.1, 0.15) is 13.3 Å². The predicted molar refractivity (Wildman–Crippen MR) is 34.1 cm³/mol. The van der Waals surface area contributed by atoms with E-state index in [-0.39, 0.29) is 6.67 Å². The van der Waals surface area contributed by atoms with Gasteiger partial charge >= 0.3 is 0 Å². The lowest BCUT2D eigenvalue weighted by atomic mass is 10.4. The van der Waals surface area contributed by atoms with Gasteiger partial charge in [-0.15, -0.1) is 0 Å². The van der Waals surface area contributed by atoms with Crippen molar-refractivity contribution in [3.63, 3.8) is 0 Å². The van der Waals surface area contributed by atoms with Gasteiger partial charge in [0.05, 0.1) is 6.67 Å². The first kappa shape index (κ1) is 6.66. The van der Waals surface area contributed by atoms with Crippen LogP contribution in [0.25, 0.3) is 0 Å². The molecule has 0 N–H and O–H groups in total. The molecule has 0 radical (unpaired) electrons. The minimum absolute atomic E-state index is 0.176. The van der Waals surface area contributed by atoms with E-state index in [0.29, 0.717) is 10.3 Å². The highest BCUT2D eigenvalue weighted by molar-refractivity contribution is 14.1. The van der Waals surface area contributed by atoms with Gasteiger partial charge in [-0.05, 0) is 6.42 Å². The first-order valence-electron chi connectivity index (χ1n) is 1.97. The molecule has 0 heterocycles. The number of hydrogen-bond donors (Lipinski definition) is 0. The molecule has 2 heteroatoms. The molecule has 0 amide bonds. The first-order chi connectivity index (χ1) is 2.77. The molecule has 6 heavy (non-hydrogen) atoms. The zero-order chi connectivity index (χ0) is 4.99. The SMILES string of the molecule is C[C@@H](I)CCF. The van der Waals surface area contributed by atoms with Crippen LogP contribution in [0.15, 0.2) is 0 Å². The molecule has 0 saturated carbocycles. The smallest absolute Gasteiger partial charge is 0.0904 e. The fourth-order valence-corrected chi connectivity index (χ4v) is 0.386. The Balaban J connectivity index is 2.63. The zero-order valence-electron chi connectivity index (χ0n) is 3.75. The molecule has 0 spiro atoms. The third kappa shape index (κ3) is 4.66. The van der Waals surface area contributed by atoms with Gasteiger partial charge in [0, 0.05) is 3.92 Å². The van der Waals surface area contributed by atoms with Crippen molar-refractivity contribution in [2.75, 3.05) is 6.67 Å². The highest BCUT2D eigenvalue weighted by Gasteiger charge is 1.90. The van der Waals surface area contributed by atoms with Crippen LogP contribution in [0, 0.1) is 0 Å². The lowest BCUT2D eigenvalue weighted by Crippen LogP contribution is -1.88. The van der Waals surface area contributed by atoms with Crippen molar-refractivity contribution in [3.05, 3.63) is 0 Å². The fraction of sp³-hybridized carbons (Fsp3) is 1.00. The maximum absolute atomic E-state index is 11.2. The average molecular weight is 202 g/mol. The Morgan fingerprint density at radius 1 is 1.83 bits per heavy atom. The first-order valence-corrected chi connectivity index (χ1v) is 3.22. The van der Waals surface area contributed by atoms with Crippen LogP contribution in [-0.4, -0.2) is 10.6 Å². The summed E-state index contributed by atoms with van der Waals surface area (Å²) < 4.78 is 11.7. The summed E-state index contributed by atoms with van der Waals surface area (Å²) in [5, 5.41) is 0. The summed E-state index contributed by atoms with van der Waals surface area (Å²) in [7, 11) is 0. The molecular weight excluding hydrogens is 194 g/mol. The summed E-state index contributed by atoms with van der Waals surface area (Å²) in [5.74, 6) is 0. The number of alkyl halides is 2. The van der Waals surface area contributed by atoms with Gasteiger partial charge in [0.25, 0.3) is 0 Å². The van der Waals surface area contributed by atoms with Gasteiger partial charge in [0.2, 0.25) is 0 Å². The van der Waals surface area contributed by atoms with E-state index in [4.69, 9.17) is 0 Å². The van der Waals surface area contributed by atoms with Crippen LogP contribution in [0.4, 0.5) is 4.39 Å². The second kappa shape index (κ2) is 3.84. The molecule has 38 valence electrons. The van der Waals surface area contributed by atoms with Crippen molar-refractivity contribution in [1.82, 2.24) is 0 Å². The average Bonchev–Trinajstić information content (AvgIpc) is 1.35. The second-order valence-corrected chi connectivity index (χ2v) is 3.38. The van der Waals surface area contributed by atoms with Gasteiger partial charge in [0.15, 0.2) is 0 Å². The molecule has 0 aliphatic heterocycles. The van der Waals surface area contributed by atoms with E-state index < -0.39 is 0 Å². The monoisotopic (exact) mass is 202 g/mol. The Bertz CT molecular complexity index is 28.7. The van der Waals surface area contributed by atoms with Crippen molar-refractivity contribution < 1.29 is 4.39 Å². The lowest BCUT2D eigenvalue weighted by Gasteiger charge is -1.91. The van der Waals surface area contributed by atoms with E-state index in [1.807, 2.05) is 6.92 Å². The molecule has 0 aliphatic carbocycles. The quantitative estimate of drug-likeness (QED) is 0.475. The molecule has 0 bridgehead atoms. The van der Waals surface area contributed by atoms with Gasteiger partial charge < -0.3 is 0 Å². The van der Waals surface area contributed by atoms with Crippen molar-refractivity contribution in [1.29, 1.82) is 0 Å². The molecular formula is C4H8FI. The van der Waals surface area contributed by atoms with E-state index in [1.54, 1.807) is 0 Å². The van der Waals surface area contributed by atoms with E-state index in [2.05, 4.69) is 22.6 Å². The summed E-state index contributed by atoms with van der Waals surface area (Å²) in [4.78, 5) is 0. The van der Waals surface area contributed by atoms with Crippen LogP contribution in [-0.2, 0) is 0 Å². The Morgan fingerprint density at radius 3 is 2.33 bits per heavy atom. The summed E-state index contributed by atoms with van der Waals surface area (Å²) in [6, 6.07) is 0. The minimum atomic E-state index is -0.176. The Hall–Kier alpha value is 0.660. The Labute approximate surface area is 51.3 Å². The molecule has 0 fully saturated rings. The molecule has 0 rings (SSSR count). The van der Waals surface area contributed by atoms with Crippen LogP contribution < -0.4 is 0 Å². The number of halogens is 2. The maximum Gasteiger partial charge on any atom is 0.0904 e. The maximum atomic E-state index is 11.2. The molecule has 0 aromatic carbocycles. The summed E-state index contributed by atoms with van der Waals surface area (Å²) in [5.41, 5.74) is 0. The highest BCUT2D eigenvalue weighted by Crippen LogP contribution is 2.02. The topological polar surface area (TPSA) is 0 Å². The van der Waals surface area contributed by atoms with E-state index >= 15 is 0 Å². The lowest BCUT2D eigenvalue weighted by molar-refractivity contribution is 0.476. The highest BCUT2D eigenvalue weighted by atomic mass is 127. The predicted octanol–water partition coefficient (Wildman–Crippen LogP) is 2.17.